The smallest absolute Gasteiger partial charge is 0.228 e. The quantitative estimate of drug-likeness (QED) is 0.873. The average Bonchev–Trinajstić information content (AvgIpc) is 2.96. The number of amides is 2. The Balaban J connectivity index is 1.68. The summed E-state index contributed by atoms with van der Waals surface area (Å²) < 4.78 is 0.935. The molecule has 0 aromatic heterocycles. The van der Waals surface area contributed by atoms with Gasteiger partial charge >= 0.3 is 0 Å². The van der Waals surface area contributed by atoms with Crippen molar-refractivity contribution >= 4 is 33.4 Å². The zero-order valence-electron chi connectivity index (χ0n) is 13.3. The highest BCUT2D eigenvalue weighted by Crippen LogP contribution is 2.28. The predicted octanol–water partition coefficient (Wildman–Crippen LogP) is 2.01. The van der Waals surface area contributed by atoms with Crippen LogP contribution in [0, 0.1) is 5.92 Å². The van der Waals surface area contributed by atoms with Gasteiger partial charge < -0.3 is 15.1 Å². The van der Waals surface area contributed by atoms with E-state index in [-0.39, 0.29) is 17.7 Å². The number of halogens is 1. The summed E-state index contributed by atoms with van der Waals surface area (Å²) in [5.41, 5.74) is 0.851. The van der Waals surface area contributed by atoms with Crippen LogP contribution in [0.5, 0.6) is 0 Å². The van der Waals surface area contributed by atoms with Gasteiger partial charge in [0.1, 0.15) is 0 Å². The van der Waals surface area contributed by atoms with Gasteiger partial charge in [0.2, 0.25) is 11.8 Å². The summed E-state index contributed by atoms with van der Waals surface area (Å²) in [6.45, 7) is 2.38. The van der Waals surface area contributed by atoms with Crippen LogP contribution < -0.4 is 10.2 Å². The van der Waals surface area contributed by atoms with Gasteiger partial charge in [0.05, 0.1) is 5.92 Å². The molecular weight excluding hydrogens is 358 g/mol. The average molecular weight is 380 g/mol. The molecule has 1 atom stereocenters. The molecule has 0 bridgehead atoms. The second-order valence-corrected chi connectivity index (χ2v) is 7.23. The molecule has 0 saturated carbocycles. The number of hydrogen-bond acceptors (Lipinski definition) is 3. The third kappa shape index (κ3) is 3.58. The molecule has 0 spiro atoms. The molecule has 1 unspecified atom stereocenters. The molecule has 2 aliphatic rings. The first-order chi connectivity index (χ1) is 11.1. The molecule has 1 aromatic carbocycles. The molecule has 23 heavy (non-hydrogen) atoms. The van der Waals surface area contributed by atoms with Crippen LogP contribution in [0.15, 0.2) is 28.7 Å². The second kappa shape index (κ2) is 7.01. The minimum atomic E-state index is -0.235. The van der Waals surface area contributed by atoms with Crippen molar-refractivity contribution in [3.8, 4) is 0 Å². The summed E-state index contributed by atoms with van der Waals surface area (Å²) in [7, 11) is 1.88. The Morgan fingerprint density at radius 3 is 2.78 bits per heavy atom. The molecule has 0 aliphatic carbocycles. The lowest BCUT2D eigenvalue weighted by molar-refractivity contribution is -0.137. The molecule has 3 rings (SSSR count). The lowest BCUT2D eigenvalue weighted by atomic mass is 10.0. The van der Waals surface area contributed by atoms with Gasteiger partial charge in [-0.1, -0.05) is 22.0 Å². The minimum absolute atomic E-state index is 0.0279. The van der Waals surface area contributed by atoms with Crippen LogP contribution in [0.25, 0.3) is 0 Å². The SMILES string of the molecule is CN(C(=O)C1CC(=O)N(c2cccc(Br)c2)C1)C1CCNCC1. The highest BCUT2D eigenvalue weighted by atomic mass is 79.9. The van der Waals surface area contributed by atoms with E-state index < -0.39 is 0 Å². The van der Waals surface area contributed by atoms with Crippen molar-refractivity contribution in [3.05, 3.63) is 28.7 Å². The van der Waals surface area contributed by atoms with Crippen molar-refractivity contribution in [1.29, 1.82) is 0 Å². The maximum Gasteiger partial charge on any atom is 0.228 e. The van der Waals surface area contributed by atoms with E-state index in [1.54, 1.807) is 4.90 Å². The summed E-state index contributed by atoms with van der Waals surface area (Å²) >= 11 is 3.43. The van der Waals surface area contributed by atoms with Crippen molar-refractivity contribution in [2.75, 3.05) is 31.6 Å². The molecular formula is C17H22BrN3O2. The van der Waals surface area contributed by atoms with Gasteiger partial charge in [-0.3, -0.25) is 9.59 Å². The Bertz CT molecular complexity index is 601. The number of carbonyl (C=O) groups is 2. The van der Waals surface area contributed by atoms with Crippen LogP contribution in [0.2, 0.25) is 0 Å². The third-order valence-electron chi connectivity index (χ3n) is 4.80. The molecule has 2 amide bonds. The largest absolute Gasteiger partial charge is 0.342 e. The van der Waals surface area contributed by atoms with Gasteiger partial charge in [-0.2, -0.15) is 0 Å². The first kappa shape index (κ1) is 16.5. The van der Waals surface area contributed by atoms with E-state index in [4.69, 9.17) is 0 Å². The lowest BCUT2D eigenvalue weighted by Crippen LogP contribution is -2.46. The van der Waals surface area contributed by atoms with E-state index in [2.05, 4.69) is 21.2 Å². The molecule has 5 nitrogen and oxygen atoms in total. The van der Waals surface area contributed by atoms with Gasteiger partial charge in [-0.05, 0) is 44.1 Å². The molecule has 6 heteroatoms. The summed E-state index contributed by atoms with van der Waals surface area (Å²) in [6.07, 6.45) is 2.27. The summed E-state index contributed by atoms with van der Waals surface area (Å²) in [5, 5.41) is 3.31. The van der Waals surface area contributed by atoms with Gasteiger partial charge in [0.15, 0.2) is 0 Å². The predicted molar refractivity (Wildman–Crippen MR) is 93.3 cm³/mol. The van der Waals surface area contributed by atoms with Gasteiger partial charge in [-0.15, -0.1) is 0 Å². The summed E-state index contributed by atoms with van der Waals surface area (Å²) in [6, 6.07) is 7.95. The minimum Gasteiger partial charge on any atom is -0.342 e. The Morgan fingerprint density at radius 2 is 2.09 bits per heavy atom. The van der Waals surface area contributed by atoms with Crippen LogP contribution >= 0.6 is 15.9 Å². The number of piperidine rings is 1. The summed E-state index contributed by atoms with van der Waals surface area (Å²) in [5.74, 6) is -0.107. The zero-order chi connectivity index (χ0) is 16.4. The molecule has 2 aliphatic heterocycles. The first-order valence-corrected chi connectivity index (χ1v) is 8.89. The zero-order valence-corrected chi connectivity index (χ0v) is 14.9. The van der Waals surface area contributed by atoms with Crippen molar-refractivity contribution in [3.63, 3.8) is 0 Å². The molecule has 1 aromatic rings. The van der Waals surface area contributed by atoms with Crippen molar-refractivity contribution in [1.82, 2.24) is 10.2 Å². The Labute approximate surface area is 145 Å². The second-order valence-electron chi connectivity index (χ2n) is 6.32. The van der Waals surface area contributed by atoms with E-state index in [0.29, 0.717) is 19.0 Å². The molecule has 2 heterocycles. The number of nitrogens with one attached hydrogen (secondary N) is 1. The third-order valence-corrected chi connectivity index (χ3v) is 5.29. The maximum absolute atomic E-state index is 12.8. The number of carbonyl (C=O) groups excluding carboxylic acids is 2. The number of anilines is 1. The lowest BCUT2D eigenvalue weighted by Gasteiger charge is -2.33. The molecule has 2 fully saturated rings. The first-order valence-electron chi connectivity index (χ1n) is 8.09. The molecule has 0 radical (unpaired) electrons. The van der Waals surface area contributed by atoms with Crippen molar-refractivity contribution < 1.29 is 9.59 Å². The number of rotatable bonds is 3. The molecule has 124 valence electrons. The number of hydrogen-bond donors (Lipinski definition) is 1. The van der Waals surface area contributed by atoms with E-state index in [1.807, 2.05) is 36.2 Å². The fraction of sp³-hybridized carbons (Fsp3) is 0.529. The van der Waals surface area contributed by atoms with E-state index >= 15 is 0 Å². The topological polar surface area (TPSA) is 52.7 Å². The summed E-state index contributed by atoms with van der Waals surface area (Å²) in [4.78, 5) is 28.7. The molecule has 1 N–H and O–H groups in total. The van der Waals surface area contributed by atoms with E-state index in [0.717, 1.165) is 36.1 Å². The van der Waals surface area contributed by atoms with Gasteiger partial charge in [0, 0.05) is 36.2 Å². The molecule has 2 saturated heterocycles. The monoisotopic (exact) mass is 379 g/mol. The van der Waals surface area contributed by atoms with E-state index in [1.165, 1.54) is 0 Å². The Morgan fingerprint density at radius 1 is 1.35 bits per heavy atom. The standard InChI is InChI=1S/C17H22BrN3O2/c1-20(14-5-7-19-8-6-14)17(23)12-9-16(22)21(11-12)15-4-2-3-13(18)10-15/h2-4,10,12,14,19H,5-9,11H2,1H3. The number of nitrogens with zero attached hydrogens (tertiary/aromatic N) is 2. The fourth-order valence-electron chi connectivity index (χ4n) is 3.43. The van der Waals surface area contributed by atoms with Crippen LogP contribution in [-0.4, -0.2) is 49.4 Å². The van der Waals surface area contributed by atoms with Crippen LogP contribution in [0.1, 0.15) is 19.3 Å². The highest BCUT2D eigenvalue weighted by Gasteiger charge is 2.38. The Kier molecular flexibility index (Phi) is 5.02. The fourth-order valence-corrected chi connectivity index (χ4v) is 3.82. The van der Waals surface area contributed by atoms with Gasteiger partial charge in [0.25, 0.3) is 0 Å². The van der Waals surface area contributed by atoms with Crippen molar-refractivity contribution in [2.45, 2.75) is 25.3 Å². The van der Waals surface area contributed by atoms with Crippen molar-refractivity contribution in [2.24, 2.45) is 5.92 Å². The maximum atomic E-state index is 12.8. The highest BCUT2D eigenvalue weighted by molar-refractivity contribution is 9.10. The van der Waals surface area contributed by atoms with Crippen LogP contribution in [0.3, 0.4) is 0 Å². The van der Waals surface area contributed by atoms with E-state index in [9.17, 15) is 9.59 Å². The van der Waals surface area contributed by atoms with Crippen LogP contribution in [0.4, 0.5) is 5.69 Å². The normalized spacial score (nSPS) is 22.4. The Hall–Kier alpha value is -1.40. The van der Waals surface area contributed by atoms with Gasteiger partial charge in [-0.25, -0.2) is 0 Å². The van der Waals surface area contributed by atoms with Crippen LogP contribution in [-0.2, 0) is 9.59 Å². The number of benzene rings is 1.